The van der Waals surface area contributed by atoms with E-state index in [0.717, 1.165) is 32.4 Å². The van der Waals surface area contributed by atoms with Crippen LogP contribution in [0.1, 0.15) is 46.5 Å². The van der Waals surface area contributed by atoms with Crippen molar-refractivity contribution in [3.8, 4) is 0 Å². The molecule has 1 aliphatic heterocycles. The number of unbranched alkanes of at least 4 members (excludes halogenated alkanes) is 1. The molecule has 0 aromatic carbocycles. The monoisotopic (exact) mass is 239 g/mol. The van der Waals surface area contributed by atoms with Gasteiger partial charge in [0, 0.05) is 26.1 Å². The molecule has 0 aromatic heterocycles. The molecule has 0 saturated carbocycles. The third-order valence-electron chi connectivity index (χ3n) is 3.32. The molecule has 0 spiro atoms. The van der Waals surface area contributed by atoms with E-state index in [-0.39, 0.29) is 17.9 Å². The molecule has 0 unspecified atom stereocenters. The molecule has 3 nitrogen and oxygen atoms in total. The zero-order valence-electron chi connectivity index (χ0n) is 11.3. The van der Waals surface area contributed by atoms with Crippen molar-refractivity contribution in [2.45, 2.75) is 46.5 Å². The molecule has 17 heavy (non-hydrogen) atoms. The highest BCUT2D eigenvalue weighted by Crippen LogP contribution is 2.30. The second-order valence-corrected chi connectivity index (χ2v) is 5.75. The Hall–Kier alpha value is -0.830. The molecule has 1 heterocycles. The first-order valence-electron chi connectivity index (χ1n) is 6.53. The third-order valence-corrected chi connectivity index (χ3v) is 3.32. The topological polar surface area (TPSA) is 40.5 Å². The van der Waals surface area contributed by atoms with Crippen LogP contribution < -0.4 is 0 Å². The van der Waals surface area contributed by atoms with Crippen molar-refractivity contribution < 1.29 is 9.90 Å². The fraction of sp³-hybridized carbons (Fsp3) is 0.786. The van der Waals surface area contributed by atoms with E-state index in [4.69, 9.17) is 5.11 Å². The highest BCUT2D eigenvalue weighted by Gasteiger charge is 2.23. The molecular formula is C14H25NO2. The van der Waals surface area contributed by atoms with Crippen molar-refractivity contribution in [1.82, 2.24) is 4.90 Å². The maximum atomic E-state index is 11.8. The van der Waals surface area contributed by atoms with E-state index < -0.39 is 0 Å². The van der Waals surface area contributed by atoms with E-state index in [1.807, 2.05) is 4.90 Å². The number of carbonyl (C=O) groups is 1. The lowest BCUT2D eigenvalue weighted by Gasteiger charge is -2.32. The smallest absolute Gasteiger partial charge is 0.222 e. The van der Waals surface area contributed by atoms with Crippen LogP contribution in [-0.2, 0) is 4.79 Å². The van der Waals surface area contributed by atoms with Crippen LogP contribution >= 0.6 is 0 Å². The van der Waals surface area contributed by atoms with Gasteiger partial charge >= 0.3 is 0 Å². The van der Waals surface area contributed by atoms with Crippen LogP contribution in [0.2, 0.25) is 0 Å². The summed E-state index contributed by atoms with van der Waals surface area (Å²) in [6.07, 6.45) is 5.28. The van der Waals surface area contributed by atoms with Crippen LogP contribution in [0.3, 0.4) is 0 Å². The zero-order valence-corrected chi connectivity index (χ0v) is 11.3. The van der Waals surface area contributed by atoms with Crippen LogP contribution in [0.4, 0.5) is 0 Å². The Morgan fingerprint density at radius 1 is 1.41 bits per heavy atom. The van der Waals surface area contributed by atoms with Crippen molar-refractivity contribution >= 4 is 5.91 Å². The van der Waals surface area contributed by atoms with E-state index >= 15 is 0 Å². The average molecular weight is 239 g/mol. The molecule has 0 atom stereocenters. The second-order valence-electron chi connectivity index (χ2n) is 5.75. The first-order valence-corrected chi connectivity index (χ1v) is 6.53. The maximum Gasteiger partial charge on any atom is 0.222 e. The lowest BCUT2D eigenvalue weighted by Crippen LogP contribution is -2.36. The van der Waals surface area contributed by atoms with Crippen LogP contribution in [0.15, 0.2) is 11.6 Å². The molecule has 1 aliphatic rings. The number of amides is 1. The molecule has 0 bridgehead atoms. The average Bonchev–Trinajstić information content (AvgIpc) is 2.28. The summed E-state index contributed by atoms with van der Waals surface area (Å²) in [6, 6.07) is 0. The highest BCUT2D eigenvalue weighted by atomic mass is 16.3. The number of hydrogen-bond acceptors (Lipinski definition) is 2. The minimum Gasteiger partial charge on any atom is -0.396 e. The van der Waals surface area contributed by atoms with Crippen molar-refractivity contribution in [2.24, 2.45) is 5.41 Å². The van der Waals surface area contributed by atoms with Gasteiger partial charge in [-0.3, -0.25) is 4.79 Å². The van der Waals surface area contributed by atoms with Gasteiger partial charge in [-0.2, -0.15) is 0 Å². The van der Waals surface area contributed by atoms with Gasteiger partial charge in [-0.05, 0) is 24.7 Å². The fourth-order valence-electron chi connectivity index (χ4n) is 2.12. The molecule has 0 aromatic rings. The molecule has 0 radical (unpaired) electrons. The number of hydrogen-bond donors (Lipinski definition) is 1. The first kappa shape index (κ1) is 14.2. The summed E-state index contributed by atoms with van der Waals surface area (Å²) in [7, 11) is 0. The Labute approximate surface area is 105 Å². The SMILES string of the molecule is CC(C)(C)C1=CCN(C(=O)CCCCO)CC1. The number of carbonyl (C=O) groups excluding carboxylic acids is 1. The zero-order chi connectivity index (χ0) is 12.9. The Bertz CT molecular complexity index is 289. The molecule has 98 valence electrons. The Balaban J connectivity index is 2.41. The molecule has 1 rings (SSSR count). The number of rotatable bonds is 4. The lowest BCUT2D eigenvalue weighted by molar-refractivity contribution is -0.131. The summed E-state index contributed by atoms with van der Waals surface area (Å²) in [5.74, 6) is 0.225. The molecule has 3 heteroatoms. The van der Waals surface area contributed by atoms with Crippen LogP contribution in [0, 0.1) is 5.41 Å². The normalized spacial score (nSPS) is 16.9. The van der Waals surface area contributed by atoms with Gasteiger partial charge in [0.2, 0.25) is 5.91 Å². The third kappa shape index (κ3) is 4.50. The minimum absolute atomic E-state index is 0.182. The molecule has 0 fully saturated rings. The van der Waals surface area contributed by atoms with E-state index in [0.29, 0.717) is 6.42 Å². The van der Waals surface area contributed by atoms with Gasteiger partial charge in [0.1, 0.15) is 0 Å². The molecule has 1 amide bonds. The predicted octanol–water partition coefficient (Wildman–Crippen LogP) is 2.35. The predicted molar refractivity (Wildman–Crippen MR) is 69.7 cm³/mol. The van der Waals surface area contributed by atoms with E-state index in [2.05, 4.69) is 26.8 Å². The number of aliphatic hydroxyl groups excluding tert-OH is 1. The largest absolute Gasteiger partial charge is 0.396 e. The maximum absolute atomic E-state index is 11.8. The number of nitrogens with zero attached hydrogens (tertiary/aromatic N) is 1. The van der Waals surface area contributed by atoms with Gasteiger partial charge < -0.3 is 10.0 Å². The van der Waals surface area contributed by atoms with E-state index in [9.17, 15) is 4.79 Å². The van der Waals surface area contributed by atoms with Crippen LogP contribution in [-0.4, -0.2) is 35.6 Å². The van der Waals surface area contributed by atoms with Crippen molar-refractivity contribution in [3.63, 3.8) is 0 Å². The van der Waals surface area contributed by atoms with Gasteiger partial charge in [0.15, 0.2) is 0 Å². The summed E-state index contributed by atoms with van der Waals surface area (Å²) >= 11 is 0. The molecular weight excluding hydrogens is 214 g/mol. The fourth-order valence-corrected chi connectivity index (χ4v) is 2.12. The van der Waals surface area contributed by atoms with Crippen molar-refractivity contribution in [2.75, 3.05) is 19.7 Å². The van der Waals surface area contributed by atoms with Gasteiger partial charge in [-0.25, -0.2) is 0 Å². The van der Waals surface area contributed by atoms with Crippen LogP contribution in [0.25, 0.3) is 0 Å². The standard InChI is InChI=1S/C14H25NO2/c1-14(2,3)12-7-9-15(10-8-12)13(17)6-4-5-11-16/h7,16H,4-6,8-11H2,1-3H3. The van der Waals surface area contributed by atoms with Gasteiger partial charge in [0.05, 0.1) is 0 Å². The van der Waals surface area contributed by atoms with E-state index in [1.165, 1.54) is 5.57 Å². The molecule has 1 N–H and O–H groups in total. The van der Waals surface area contributed by atoms with Gasteiger partial charge in [-0.15, -0.1) is 0 Å². The van der Waals surface area contributed by atoms with Gasteiger partial charge in [0.25, 0.3) is 0 Å². The summed E-state index contributed by atoms with van der Waals surface area (Å²) in [5.41, 5.74) is 1.68. The lowest BCUT2D eigenvalue weighted by atomic mass is 9.83. The summed E-state index contributed by atoms with van der Waals surface area (Å²) in [6.45, 7) is 8.44. The highest BCUT2D eigenvalue weighted by molar-refractivity contribution is 5.76. The van der Waals surface area contributed by atoms with Crippen LogP contribution in [0.5, 0.6) is 0 Å². The summed E-state index contributed by atoms with van der Waals surface area (Å²) in [5, 5.41) is 8.68. The summed E-state index contributed by atoms with van der Waals surface area (Å²) < 4.78 is 0. The Kier molecular flexibility index (Phi) is 5.19. The first-order chi connectivity index (χ1) is 7.95. The van der Waals surface area contributed by atoms with Crippen molar-refractivity contribution in [1.29, 1.82) is 0 Å². The van der Waals surface area contributed by atoms with Crippen molar-refractivity contribution in [3.05, 3.63) is 11.6 Å². The second kappa shape index (κ2) is 6.20. The quantitative estimate of drug-likeness (QED) is 0.604. The van der Waals surface area contributed by atoms with E-state index in [1.54, 1.807) is 0 Å². The molecule has 0 saturated heterocycles. The number of aliphatic hydroxyl groups is 1. The Morgan fingerprint density at radius 3 is 2.59 bits per heavy atom. The Morgan fingerprint density at radius 2 is 2.12 bits per heavy atom. The summed E-state index contributed by atoms with van der Waals surface area (Å²) in [4.78, 5) is 13.8. The minimum atomic E-state index is 0.182. The van der Waals surface area contributed by atoms with Gasteiger partial charge in [-0.1, -0.05) is 32.4 Å². The molecule has 0 aliphatic carbocycles.